The quantitative estimate of drug-likeness (QED) is 0.397. The Morgan fingerprint density at radius 3 is 2.47 bits per heavy atom. The van der Waals surface area contributed by atoms with Crippen LogP contribution in [0.4, 0.5) is 11.4 Å². The minimum Gasteiger partial charge on any atom is -0.496 e. The molecule has 0 saturated heterocycles. The van der Waals surface area contributed by atoms with Crippen LogP contribution in [0.5, 0.6) is 11.5 Å². The first-order valence-electron chi connectivity index (χ1n) is 8.49. The maximum atomic E-state index is 11.8. The lowest BCUT2D eigenvalue weighted by Crippen LogP contribution is -2.26. The van der Waals surface area contributed by atoms with Crippen LogP contribution in [-0.2, 0) is 10.2 Å². The first-order valence-corrected chi connectivity index (χ1v) is 10.4. The summed E-state index contributed by atoms with van der Waals surface area (Å²) in [5, 5.41) is 0.122. The summed E-state index contributed by atoms with van der Waals surface area (Å²) in [6.07, 6.45) is 1.66. The molecule has 30 heavy (non-hydrogen) atoms. The monoisotopic (exact) mass is 452 g/mol. The lowest BCUT2D eigenvalue weighted by atomic mass is 10.0. The summed E-state index contributed by atoms with van der Waals surface area (Å²) >= 11 is 6.17. The molecule has 0 saturated carbocycles. The van der Waals surface area contributed by atoms with Crippen molar-refractivity contribution in [1.29, 1.82) is 0 Å². The fourth-order valence-electron chi connectivity index (χ4n) is 2.49. The highest BCUT2D eigenvalue weighted by Crippen LogP contribution is 2.36. The second kappa shape index (κ2) is 9.61. The van der Waals surface area contributed by atoms with Gasteiger partial charge in [-0.25, -0.2) is 4.72 Å². The van der Waals surface area contributed by atoms with E-state index in [9.17, 15) is 13.2 Å². The summed E-state index contributed by atoms with van der Waals surface area (Å²) in [4.78, 5) is 15.7. The van der Waals surface area contributed by atoms with E-state index in [1.54, 1.807) is 13.0 Å². The Kier molecular flexibility index (Phi) is 7.43. The smallest absolute Gasteiger partial charge is 0.298 e. The van der Waals surface area contributed by atoms with Gasteiger partial charge in [0.25, 0.3) is 16.1 Å². The molecule has 11 heteroatoms. The highest BCUT2D eigenvalue weighted by atomic mass is 35.5. The summed E-state index contributed by atoms with van der Waals surface area (Å²) < 4.78 is 38.8. The normalized spacial score (nSPS) is 11.7. The summed E-state index contributed by atoms with van der Waals surface area (Å²) in [7, 11) is -1.04. The molecule has 2 aromatic carbocycles. The van der Waals surface area contributed by atoms with Gasteiger partial charge in [0.1, 0.15) is 17.3 Å². The molecule has 0 aliphatic carbocycles. The van der Waals surface area contributed by atoms with Crippen LogP contribution in [0.2, 0.25) is 5.02 Å². The van der Waals surface area contributed by atoms with Gasteiger partial charge in [0.2, 0.25) is 0 Å². The van der Waals surface area contributed by atoms with Crippen LogP contribution < -0.4 is 24.7 Å². The van der Waals surface area contributed by atoms with E-state index in [1.807, 2.05) is 0 Å². The molecule has 2 aromatic rings. The lowest BCUT2D eigenvalue weighted by Gasteiger charge is -2.16. The number of aliphatic imine (C=N–C) groups is 1. The van der Waals surface area contributed by atoms with Gasteiger partial charge in [-0.3, -0.25) is 14.5 Å². The van der Waals surface area contributed by atoms with E-state index >= 15 is 0 Å². The van der Waals surface area contributed by atoms with Crippen LogP contribution in [-0.4, -0.2) is 35.2 Å². The zero-order chi connectivity index (χ0) is 22.5. The van der Waals surface area contributed by atoms with Gasteiger partial charge in [-0.1, -0.05) is 11.6 Å². The molecule has 0 spiro atoms. The van der Waals surface area contributed by atoms with Crippen LogP contribution in [0.25, 0.3) is 5.76 Å². The van der Waals surface area contributed by atoms with Gasteiger partial charge in [0.05, 0.1) is 29.1 Å². The Hall–Kier alpha value is -3.08. The summed E-state index contributed by atoms with van der Waals surface area (Å²) in [6, 6.07) is 7.45. The Morgan fingerprint density at radius 1 is 1.27 bits per heavy atom. The number of halogens is 1. The number of methoxy groups -OCH3 is 1. The number of hydrogen-bond acceptors (Lipinski definition) is 6. The third kappa shape index (κ3) is 5.29. The molecular formula is C19H21ClN4O5S. The van der Waals surface area contributed by atoms with Gasteiger partial charge in [-0.15, -0.1) is 0 Å². The van der Waals surface area contributed by atoms with Gasteiger partial charge in [0, 0.05) is 24.7 Å². The van der Waals surface area contributed by atoms with Crippen molar-refractivity contribution in [1.82, 2.24) is 4.72 Å². The molecule has 9 nitrogen and oxygen atoms in total. The topological polar surface area (TPSA) is 132 Å². The number of carbonyl (C=O) groups is 1. The highest BCUT2D eigenvalue weighted by molar-refractivity contribution is 7.90. The van der Waals surface area contributed by atoms with Gasteiger partial charge in [0.15, 0.2) is 0 Å². The largest absolute Gasteiger partial charge is 0.496 e. The molecule has 0 radical (unpaired) electrons. The predicted octanol–water partition coefficient (Wildman–Crippen LogP) is 3.10. The molecule has 0 atom stereocenters. The van der Waals surface area contributed by atoms with Gasteiger partial charge < -0.3 is 15.2 Å². The highest BCUT2D eigenvalue weighted by Gasteiger charge is 2.18. The van der Waals surface area contributed by atoms with Crippen LogP contribution >= 0.6 is 11.6 Å². The number of anilines is 1. The number of carbonyl (C=O) groups excluding carboxylic acids is 1. The molecule has 0 bridgehead atoms. The number of benzene rings is 2. The zero-order valence-electron chi connectivity index (χ0n) is 16.5. The molecule has 0 heterocycles. The molecule has 0 aliphatic rings. The van der Waals surface area contributed by atoms with Crippen molar-refractivity contribution >= 4 is 51.6 Å². The second-order valence-corrected chi connectivity index (χ2v) is 7.82. The zero-order valence-corrected chi connectivity index (χ0v) is 18.1. The maximum absolute atomic E-state index is 11.8. The third-order valence-electron chi connectivity index (χ3n) is 3.96. The average Bonchev–Trinajstić information content (AvgIpc) is 2.72. The number of ether oxygens (including phenoxy) is 2. The second-order valence-electron chi connectivity index (χ2n) is 5.80. The van der Waals surface area contributed by atoms with Crippen molar-refractivity contribution in [3.8, 4) is 11.5 Å². The fraction of sp³-hybridized carbons (Fsp3) is 0.158. The van der Waals surface area contributed by atoms with Gasteiger partial charge >= 0.3 is 0 Å². The molecule has 0 unspecified atom stereocenters. The van der Waals surface area contributed by atoms with Crippen LogP contribution in [0.3, 0.4) is 0 Å². The molecule has 2 rings (SSSR count). The Balaban J connectivity index is 2.43. The number of nitrogens with two attached hydrogens (primary N) is 1. The van der Waals surface area contributed by atoms with Crippen molar-refractivity contribution < 1.29 is 22.7 Å². The van der Waals surface area contributed by atoms with Gasteiger partial charge in [-0.2, -0.15) is 8.42 Å². The lowest BCUT2D eigenvalue weighted by molar-refractivity contribution is 0.0997. The molecule has 160 valence electrons. The molecule has 0 aliphatic heterocycles. The van der Waals surface area contributed by atoms with Crippen LogP contribution in [0.15, 0.2) is 41.4 Å². The van der Waals surface area contributed by atoms with E-state index in [1.165, 1.54) is 44.5 Å². The van der Waals surface area contributed by atoms with E-state index in [2.05, 4.69) is 21.2 Å². The predicted molar refractivity (Wildman–Crippen MR) is 118 cm³/mol. The standard InChI is InChI=1S/C19H21ClN4O5S/c1-5-17(12-9-13(19(21)25)18(28-4)10-16(12)22-2)29-11-6-7-15(14(20)8-11)24-30(26,27)23-3/h5-10,23-24H,2H2,1,3-4H3,(H2,21,25)/b17-5+. The number of nitrogens with one attached hydrogen (secondary N) is 2. The number of nitrogens with zero attached hydrogens (tertiary/aromatic N) is 1. The molecule has 0 aromatic heterocycles. The van der Waals surface area contributed by atoms with E-state index in [-0.39, 0.29) is 22.0 Å². The molecule has 4 N–H and O–H groups in total. The van der Waals surface area contributed by atoms with E-state index in [4.69, 9.17) is 26.8 Å². The Labute approximate surface area is 179 Å². The first kappa shape index (κ1) is 23.2. The van der Waals surface area contributed by atoms with Crippen molar-refractivity contribution in [3.05, 3.63) is 52.6 Å². The van der Waals surface area contributed by atoms with Crippen molar-refractivity contribution in [2.75, 3.05) is 18.9 Å². The van der Waals surface area contributed by atoms with Crippen molar-refractivity contribution in [2.45, 2.75) is 6.92 Å². The average molecular weight is 453 g/mol. The summed E-state index contributed by atoms with van der Waals surface area (Å²) in [5.41, 5.74) is 6.63. The molecule has 1 amide bonds. The summed E-state index contributed by atoms with van der Waals surface area (Å²) in [6.45, 7) is 5.27. The third-order valence-corrected chi connectivity index (χ3v) is 5.30. The number of hydrogen-bond donors (Lipinski definition) is 3. The number of primary amides is 1. The van der Waals surface area contributed by atoms with Crippen molar-refractivity contribution in [3.63, 3.8) is 0 Å². The summed E-state index contributed by atoms with van der Waals surface area (Å²) in [5.74, 6) is 0.255. The van der Waals surface area contributed by atoms with E-state index in [0.717, 1.165) is 0 Å². The Bertz CT molecular complexity index is 1120. The fourth-order valence-corrected chi connectivity index (χ4v) is 3.34. The SMILES string of the molecule is C=Nc1cc(OC)c(C(N)=O)cc1/C(=C\C)Oc1ccc(NS(=O)(=O)NC)c(Cl)c1. The van der Waals surface area contributed by atoms with Crippen molar-refractivity contribution in [2.24, 2.45) is 10.7 Å². The Morgan fingerprint density at radius 2 is 1.97 bits per heavy atom. The number of allylic oxidation sites excluding steroid dienone is 1. The number of rotatable bonds is 9. The minimum atomic E-state index is -3.72. The van der Waals surface area contributed by atoms with Crippen LogP contribution in [0.1, 0.15) is 22.8 Å². The maximum Gasteiger partial charge on any atom is 0.298 e. The van der Waals surface area contributed by atoms with Gasteiger partial charge in [-0.05, 0) is 37.9 Å². The van der Waals surface area contributed by atoms with E-state index < -0.39 is 16.1 Å². The number of amides is 1. The minimum absolute atomic E-state index is 0.122. The molecule has 0 fully saturated rings. The first-order chi connectivity index (χ1) is 14.1. The molecular weight excluding hydrogens is 432 g/mol. The van der Waals surface area contributed by atoms with Crippen LogP contribution in [0, 0.1) is 0 Å². The van der Waals surface area contributed by atoms with E-state index in [0.29, 0.717) is 22.8 Å².